The minimum atomic E-state index is 0.815. The smallest absolute Gasteiger partial charge is 0.000397 e. The van der Waals surface area contributed by atoms with Crippen molar-refractivity contribution in [2.45, 2.75) is 59.8 Å². The zero-order chi connectivity index (χ0) is 16.1. The highest BCUT2D eigenvalue weighted by Crippen LogP contribution is 2.14. The molecule has 0 spiro atoms. The molecule has 0 aliphatic carbocycles. The van der Waals surface area contributed by atoms with Crippen LogP contribution in [0.2, 0.25) is 0 Å². The summed E-state index contributed by atoms with van der Waals surface area (Å²) in [5.41, 5.74) is 1.41. The van der Waals surface area contributed by atoms with Crippen molar-refractivity contribution in [2.75, 3.05) is 20.1 Å². The van der Waals surface area contributed by atoms with Gasteiger partial charge in [0.25, 0.3) is 0 Å². The van der Waals surface area contributed by atoms with Crippen LogP contribution >= 0.6 is 0 Å². The average Bonchev–Trinajstić information content (AvgIpc) is 2.42. The first-order chi connectivity index (χ1) is 9.99. The van der Waals surface area contributed by atoms with Gasteiger partial charge in [-0.15, -0.1) is 0 Å². The highest BCUT2D eigenvalue weighted by molar-refractivity contribution is 5.20. The topological polar surface area (TPSA) is 3.24 Å². The van der Waals surface area contributed by atoms with Crippen molar-refractivity contribution < 1.29 is 0 Å². The molecule has 0 amide bonds. The lowest BCUT2D eigenvalue weighted by Gasteiger charge is -2.21. The van der Waals surface area contributed by atoms with Crippen LogP contribution in [0, 0.1) is 11.8 Å². The number of allylic oxidation sites excluding steroid dienone is 5. The van der Waals surface area contributed by atoms with E-state index in [9.17, 15) is 0 Å². The quantitative estimate of drug-likeness (QED) is 0.408. The molecule has 1 unspecified atom stereocenters. The molecule has 1 atom stereocenters. The third kappa shape index (κ3) is 12.6. The van der Waals surface area contributed by atoms with Crippen molar-refractivity contribution in [3.8, 4) is 0 Å². The van der Waals surface area contributed by atoms with E-state index in [-0.39, 0.29) is 0 Å². The van der Waals surface area contributed by atoms with Crippen LogP contribution in [-0.4, -0.2) is 25.0 Å². The SMILES string of the molecule is C=C/C=C\C(=C/C)CCCN(C)CC(C)CCCC(C)C. The molecule has 0 fully saturated rings. The second kappa shape index (κ2) is 12.9. The first kappa shape index (κ1) is 20.2. The molecule has 21 heavy (non-hydrogen) atoms. The normalized spacial score (nSPS) is 14.3. The van der Waals surface area contributed by atoms with E-state index in [0.29, 0.717) is 0 Å². The van der Waals surface area contributed by atoms with Crippen LogP contribution in [0.4, 0.5) is 0 Å². The Morgan fingerprint density at radius 1 is 1.14 bits per heavy atom. The summed E-state index contributed by atoms with van der Waals surface area (Å²) in [7, 11) is 2.26. The Bertz CT molecular complexity index is 312. The van der Waals surface area contributed by atoms with Crippen LogP contribution in [0.3, 0.4) is 0 Å². The van der Waals surface area contributed by atoms with E-state index >= 15 is 0 Å². The highest BCUT2D eigenvalue weighted by atomic mass is 15.1. The molecular formula is C20H37N. The van der Waals surface area contributed by atoms with Crippen molar-refractivity contribution in [3.05, 3.63) is 36.5 Å². The zero-order valence-electron chi connectivity index (χ0n) is 15.1. The molecule has 0 saturated heterocycles. The van der Waals surface area contributed by atoms with E-state index in [0.717, 1.165) is 18.3 Å². The second-order valence-electron chi connectivity index (χ2n) is 6.75. The molecule has 0 bridgehead atoms. The summed E-state index contributed by atoms with van der Waals surface area (Å²) in [5, 5.41) is 0. The van der Waals surface area contributed by atoms with E-state index in [1.165, 1.54) is 44.3 Å². The zero-order valence-corrected chi connectivity index (χ0v) is 15.1. The van der Waals surface area contributed by atoms with Crippen molar-refractivity contribution >= 4 is 0 Å². The molecule has 0 aromatic rings. The lowest BCUT2D eigenvalue weighted by molar-refractivity contribution is 0.270. The molecule has 0 aromatic carbocycles. The fourth-order valence-electron chi connectivity index (χ4n) is 2.66. The summed E-state index contributed by atoms with van der Waals surface area (Å²) in [4.78, 5) is 2.49. The molecule has 0 N–H and O–H groups in total. The molecule has 0 aliphatic heterocycles. The Morgan fingerprint density at radius 3 is 2.43 bits per heavy atom. The van der Waals surface area contributed by atoms with E-state index in [4.69, 9.17) is 0 Å². The maximum atomic E-state index is 3.72. The molecule has 122 valence electrons. The van der Waals surface area contributed by atoms with Gasteiger partial charge in [-0.3, -0.25) is 0 Å². The molecule has 1 heteroatoms. The van der Waals surface area contributed by atoms with Gasteiger partial charge in [0.15, 0.2) is 0 Å². The Hall–Kier alpha value is -0.820. The van der Waals surface area contributed by atoms with Gasteiger partial charge in [0.05, 0.1) is 0 Å². The van der Waals surface area contributed by atoms with Gasteiger partial charge in [-0.2, -0.15) is 0 Å². The Morgan fingerprint density at radius 2 is 1.86 bits per heavy atom. The molecule has 0 radical (unpaired) electrons. The van der Waals surface area contributed by atoms with Gasteiger partial charge in [0.2, 0.25) is 0 Å². The van der Waals surface area contributed by atoms with Crippen molar-refractivity contribution in [1.82, 2.24) is 4.90 Å². The molecule has 1 nitrogen and oxygen atoms in total. The number of hydrogen-bond acceptors (Lipinski definition) is 1. The maximum absolute atomic E-state index is 3.72. The van der Waals surface area contributed by atoms with Crippen LogP contribution in [0.5, 0.6) is 0 Å². The third-order valence-corrected chi connectivity index (χ3v) is 3.92. The summed E-state index contributed by atoms with van der Waals surface area (Å²) in [5.74, 6) is 1.66. The summed E-state index contributed by atoms with van der Waals surface area (Å²) < 4.78 is 0. The number of nitrogens with zero attached hydrogens (tertiary/aromatic N) is 1. The van der Waals surface area contributed by atoms with Crippen LogP contribution < -0.4 is 0 Å². The Kier molecular flexibility index (Phi) is 12.4. The van der Waals surface area contributed by atoms with Gasteiger partial charge >= 0.3 is 0 Å². The minimum absolute atomic E-state index is 0.815. The molecule has 0 aromatic heterocycles. The van der Waals surface area contributed by atoms with Gasteiger partial charge < -0.3 is 4.90 Å². The Labute approximate surface area is 133 Å². The predicted molar refractivity (Wildman–Crippen MR) is 97.7 cm³/mol. The second-order valence-corrected chi connectivity index (χ2v) is 6.75. The maximum Gasteiger partial charge on any atom is 0.000397 e. The summed E-state index contributed by atoms with van der Waals surface area (Å²) >= 11 is 0. The first-order valence-corrected chi connectivity index (χ1v) is 8.62. The van der Waals surface area contributed by atoms with Crippen molar-refractivity contribution in [3.63, 3.8) is 0 Å². The average molecular weight is 292 g/mol. The number of hydrogen-bond donors (Lipinski definition) is 0. The number of rotatable bonds is 12. The van der Waals surface area contributed by atoms with E-state index in [1.807, 2.05) is 12.2 Å². The van der Waals surface area contributed by atoms with Gasteiger partial charge in [-0.25, -0.2) is 0 Å². The van der Waals surface area contributed by atoms with Crippen LogP contribution in [0.15, 0.2) is 36.5 Å². The fraction of sp³-hybridized carbons (Fsp3) is 0.700. The van der Waals surface area contributed by atoms with E-state index in [2.05, 4.69) is 58.4 Å². The van der Waals surface area contributed by atoms with E-state index in [1.54, 1.807) is 0 Å². The van der Waals surface area contributed by atoms with Crippen molar-refractivity contribution in [1.29, 1.82) is 0 Å². The highest BCUT2D eigenvalue weighted by Gasteiger charge is 2.07. The Balaban J connectivity index is 3.81. The first-order valence-electron chi connectivity index (χ1n) is 8.62. The minimum Gasteiger partial charge on any atom is -0.306 e. The lowest BCUT2D eigenvalue weighted by Crippen LogP contribution is -2.25. The van der Waals surface area contributed by atoms with Crippen LogP contribution in [0.1, 0.15) is 59.8 Å². The van der Waals surface area contributed by atoms with Crippen LogP contribution in [-0.2, 0) is 0 Å². The standard InChI is InChI=1S/C20H37N/c1-7-9-14-20(8-2)15-11-16-21(6)17-19(5)13-10-12-18(3)4/h7-9,14,18-19H,1,10-13,15-17H2,2-6H3/b14-9-,20-8+. The van der Waals surface area contributed by atoms with Gasteiger partial charge in [0.1, 0.15) is 0 Å². The third-order valence-electron chi connectivity index (χ3n) is 3.92. The van der Waals surface area contributed by atoms with Gasteiger partial charge in [0, 0.05) is 6.54 Å². The van der Waals surface area contributed by atoms with E-state index < -0.39 is 0 Å². The molecule has 0 heterocycles. The fourth-order valence-corrected chi connectivity index (χ4v) is 2.66. The summed E-state index contributed by atoms with van der Waals surface area (Å²) in [6, 6.07) is 0. The predicted octanol–water partition coefficient (Wildman–Crippen LogP) is 5.85. The molecule has 0 saturated carbocycles. The molecular weight excluding hydrogens is 254 g/mol. The monoisotopic (exact) mass is 291 g/mol. The van der Waals surface area contributed by atoms with Crippen molar-refractivity contribution in [2.24, 2.45) is 11.8 Å². The lowest BCUT2D eigenvalue weighted by atomic mass is 9.99. The summed E-state index contributed by atoms with van der Waals surface area (Å²) in [6.45, 7) is 15.3. The van der Waals surface area contributed by atoms with Gasteiger partial charge in [-0.1, -0.05) is 70.1 Å². The van der Waals surface area contributed by atoms with Gasteiger partial charge in [-0.05, 0) is 51.6 Å². The molecule has 0 rings (SSSR count). The summed E-state index contributed by atoms with van der Waals surface area (Å²) in [6.07, 6.45) is 14.7. The van der Waals surface area contributed by atoms with Crippen LogP contribution in [0.25, 0.3) is 0 Å². The largest absolute Gasteiger partial charge is 0.306 e. The molecule has 0 aliphatic rings.